The Bertz CT molecular complexity index is 453. The Morgan fingerprint density at radius 1 is 1.60 bits per heavy atom. The molecule has 0 aromatic carbocycles. The summed E-state index contributed by atoms with van der Waals surface area (Å²) in [6, 6.07) is 0. The molecule has 1 aliphatic heterocycles. The standard InChI is InChI=1S/C14H22N2O3S/c1-14(2,12(17)18)11-9-20-13(16-11)15-7-6-10-5-3-4-8-19-10/h9-10H,3-8H2,1-2H3,(H,15,16)(H,17,18). The first kappa shape index (κ1) is 15.3. The zero-order valence-electron chi connectivity index (χ0n) is 12.0. The molecular weight excluding hydrogens is 276 g/mol. The van der Waals surface area contributed by atoms with Gasteiger partial charge in [0.1, 0.15) is 5.41 Å². The zero-order chi connectivity index (χ0) is 14.6. The van der Waals surface area contributed by atoms with Gasteiger partial charge in [-0.1, -0.05) is 0 Å². The average Bonchev–Trinajstić information content (AvgIpc) is 2.89. The maximum absolute atomic E-state index is 11.2. The summed E-state index contributed by atoms with van der Waals surface area (Å²) in [4.78, 5) is 15.6. The van der Waals surface area contributed by atoms with Gasteiger partial charge < -0.3 is 15.2 Å². The fourth-order valence-electron chi connectivity index (χ4n) is 2.13. The van der Waals surface area contributed by atoms with Gasteiger partial charge in [0.05, 0.1) is 11.8 Å². The molecule has 1 unspecified atom stereocenters. The third-order valence-corrected chi connectivity index (χ3v) is 4.50. The minimum atomic E-state index is -0.942. The van der Waals surface area contributed by atoms with E-state index in [4.69, 9.17) is 4.74 Å². The largest absolute Gasteiger partial charge is 0.481 e. The van der Waals surface area contributed by atoms with E-state index in [1.165, 1.54) is 24.2 Å². The van der Waals surface area contributed by atoms with Gasteiger partial charge in [-0.25, -0.2) is 4.98 Å². The Morgan fingerprint density at radius 3 is 3.05 bits per heavy atom. The molecular formula is C14H22N2O3S. The summed E-state index contributed by atoms with van der Waals surface area (Å²) in [5, 5.41) is 15.0. The number of carbonyl (C=O) groups is 1. The van der Waals surface area contributed by atoms with Gasteiger partial charge in [-0.05, 0) is 39.5 Å². The van der Waals surface area contributed by atoms with E-state index in [0.717, 1.165) is 31.1 Å². The average molecular weight is 298 g/mol. The van der Waals surface area contributed by atoms with Crippen molar-refractivity contribution in [1.82, 2.24) is 4.98 Å². The van der Waals surface area contributed by atoms with Crippen LogP contribution in [-0.2, 0) is 14.9 Å². The van der Waals surface area contributed by atoms with Gasteiger partial charge in [0, 0.05) is 18.5 Å². The molecule has 1 aromatic rings. The van der Waals surface area contributed by atoms with Crippen molar-refractivity contribution in [2.24, 2.45) is 0 Å². The fourth-order valence-corrected chi connectivity index (χ4v) is 3.03. The number of aliphatic carboxylic acids is 1. The highest BCUT2D eigenvalue weighted by Crippen LogP contribution is 2.27. The molecule has 6 heteroatoms. The monoisotopic (exact) mass is 298 g/mol. The number of nitrogens with zero attached hydrogens (tertiary/aromatic N) is 1. The Labute approximate surface area is 123 Å². The van der Waals surface area contributed by atoms with Crippen LogP contribution in [0.15, 0.2) is 5.38 Å². The molecule has 2 N–H and O–H groups in total. The van der Waals surface area contributed by atoms with Crippen LogP contribution in [0.5, 0.6) is 0 Å². The summed E-state index contributed by atoms with van der Waals surface area (Å²) < 4.78 is 5.67. The number of carboxylic acid groups (broad SMARTS) is 1. The molecule has 1 fully saturated rings. The first-order valence-corrected chi connectivity index (χ1v) is 7.93. The molecule has 2 rings (SSSR count). The Kier molecular flexibility index (Phi) is 4.99. The number of thiazole rings is 1. The molecule has 2 heterocycles. The van der Waals surface area contributed by atoms with E-state index >= 15 is 0 Å². The van der Waals surface area contributed by atoms with Crippen LogP contribution in [0, 0.1) is 0 Å². The predicted molar refractivity (Wildman–Crippen MR) is 79.5 cm³/mol. The molecule has 112 valence electrons. The first-order valence-electron chi connectivity index (χ1n) is 7.05. The second-order valence-corrected chi connectivity index (χ2v) is 6.53. The molecule has 0 spiro atoms. The second kappa shape index (κ2) is 6.54. The van der Waals surface area contributed by atoms with Crippen LogP contribution in [0.4, 0.5) is 5.13 Å². The van der Waals surface area contributed by atoms with Crippen molar-refractivity contribution < 1.29 is 14.6 Å². The van der Waals surface area contributed by atoms with Gasteiger partial charge in [0.25, 0.3) is 0 Å². The lowest BCUT2D eigenvalue weighted by atomic mass is 9.90. The molecule has 1 aromatic heterocycles. The van der Waals surface area contributed by atoms with E-state index in [9.17, 15) is 9.90 Å². The van der Waals surface area contributed by atoms with E-state index in [1.807, 2.05) is 5.38 Å². The van der Waals surface area contributed by atoms with Gasteiger partial charge in [0.15, 0.2) is 5.13 Å². The van der Waals surface area contributed by atoms with Crippen LogP contribution in [0.1, 0.15) is 45.2 Å². The number of carboxylic acids is 1. The van der Waals surface area contributed by atoms with Crippen LogP contribution in [-0.4, -0.2) is 35.3 Å². The minimum absolute atomic E-state index is 0.353. The van der Waals surface area contributed by atoms with Crippen LogP contribution in [0.2, 0.25) is 0 Å². The number of aromatic nitrogens is 1. The van der Waals surface area contributed by atoms with Crippen molar-refractivity contribution in [1.29, 1.82) is 0 Å². The molecule has 0 bridgehead atoms. The molecule has 5 nitrogen and oxygen atoms in total. The minimum Gasteiger partial charge on any atom is -0.481 e. The summed E-state index contributed by atoms with van der Waals surface area (Å²) >= 11 is 1.45. The lowest BCUT2D eigenvalue weighted by molar-refractivity contribution is -0.142. The van der Waals surface area contributed by atoms with Crippen LogP contribution in [0.3, 0.4) is 0 Å². The van der Waals surface area contributed by atoms with E-state index in [1.54, 1.807) is 13.8 Å². The molecule has 20 heavy (non-hydrogen) atoms. The van der Waals surface area contributed by atoms with E-state index < -0.39 is 11.4 Å². The van der Waals surface area contributed by atoms with Crippen LogP contribution < -0.4 is 5.32 Å². The van der Waals surface area contributed by atoms with Gasteiger partial charge in [0.2, 0.25) is 0 Å². The topological polar surface area (TPSA) is 71.5 Å². The quantitative estimate of drug-likeness (QED) is 0.845. The normalized spacial score (nSPS) is 19.8. The molecule has 1 atom stereocenters. The highest BCUT2D eigenvalue weighted by Gasteiger charge is 2.32. The smallest absolute Gasteiger partial charge is 0.315 e. The number of hydrogen-bond donors (Lipinski definition) is 2. The van der Waals surface area contributed by atoms with Crippen molar-refractivity contribution in [3.8, 4) is 0 Å². The molecule has 1 saturated heterocycles. The maximum Gasteiger partial charge on any atom is 0.315 e. The number of ether oxygens (including phenoxy) is 1. The van der Waals surface area contributed by atoms with Crippen molar-refractivity contribution in [2.45, 2.75) is 51.0 Å². The number of hydrogen-bond acceptors (Lipinski definition) is 5. The maximum atomic E-state index is 11.2. The lowest BCUT2D eigenvalue weighted by Crippen LogP contribution is -2.28. The summed E-state index contributed by atoms with van der Waals surface area (Å²) in [5.41, 5.74) is -0.338. The van der Waals surface area contributed by atoms with E-state index in [2.05, 4.69) is 10.3 Å². The molecule has 0 amide bonds. The summed E-state index contributed by atoms with van der Waals surface area (Å²) in [7, 11) is 0. The third kappa shape index (κ3) is 3.70. The molecule has 1 aliphatic rings. The van der Waals surface area contributed by atoms with Crippen LogP contribution in [0.25, 0.3) is 0 Å². The van der Waals surface area contributed by atoms with Crippen LogP contribution >= 0.6 is 11.3 Å². The SMILES string of the molecule is CC(C)(C(=O)O)c1csc(NCCC2CCCCO2)n1. The number of nitrogens with one attached hydrogen (secondary N) is 1. The Morgan fingerprint density at radius 2 is 2.40 bits per heavy atom. The van der Waals surface area contributed by atoms with Crippen molar-refractivity contribution in [3.63, 3.8) is 0 Å². The predicted octanol–water partition coefficient (Wildman–Crippen LogP) is 2.88. The first-order chi connectivity index (χ1) is 9.50. The van der Waals surface area contributed by atoms with E-state index in [0.29, 0.717) is 11.8 Å². The summed E-state index contributed by atoms with van der Waals surface area (Å²) in [5.74, 6) is -0.857. The van der Waals surface area contributed by atoms with Crippen molar-refractivity contribution >= 4 is 22.4 Å². The van der Waals surface area contributed by atoms with Gasteiger partial charge in [-0.2, -0.15) is 0 Å². The molecule has 0 aliphatic carbocycles. The van der Waals surface area contributed by atoms with Gasteiger partial charge >= 0.3 is 5.97 Å². The zero-order valence-corrected chi connectivity index (χ0v) is 12.8. The fraction of sp³-hybridized carbons (Fsp3) is 0.714. The van der Waals surface area contributed by atoms with Crippen molar-refractivity contribution in [3.05, 3.63) is 11.1 Å². The molecule has 0 radical (unpaired) electrons. The highest BCUT2D eigenvalue weighted by molar-refractivity contribution is 7.13. The Balaban J connectivity index is 1.82. The highest BCUT2D eigenvalue weighted by atomic mass is 32.1. The second-order valence-electron chi connectivity index (χ2n) is 5.67. The van der Waals surface area contributed by atoms with Gasteiger partial charge in [-0.3, -0.25) is 4.79 Å². The third-order valence-electron chi connectivity index (χ3n) is 3.70. The summed E-state index contributed by atoms with van der Waals surface area (Å²) in [6.07, 6.45) is 4.88. The van der Waals surface area contributed by atoms with E-state index in [-0.39, 0.29) is 0 Å². The van der Waals surface area contributed by atoms with Gasteiger partial charge in [-0.15, -0.1) is 11.3 Å². The summed E-state index contributed by atoms with van der Waals surface area (Å²) in [6.45, 7) is 5.03. The molecule has 0 saturated carbocycles. The Hall–Kier alpha value is -1.14. The number of anilines is 1. The number of rotatable bonds is 6. The van der Waals surface area contributed by atoms with Crippen molar-refractivity contribution in [2.75, 3.05) is 18.5 Å². The lowest BCUT2D eigenvalue weighted by Gasteiger charge is -2.22.